The minimum Gasteiger partial charge on any atom is -0.385 e. The minimum absolute atomic E-state index is 0.0365. The highest BCUT2D eigenvalue weighted by atomic mass is 35.5. The van der Waals surface area contributed by atoms with Gasteiger partial charge in [-0.3, -0.25) is 4.79 Å². The number of carbonyl (C=O) groups is 1. The predicted octanol–water partition coefficient (Wildman–Crippen LogP) is 1.68. The first-order valence-corrected chi connectivity index (χ1v) is 6.45. The Morgan fingerprint density at radius 3 is 3.11 bits per heavy atom. The number of amides is 1. The Morgan fingerprint density at radius 2 is 2.32 bits per heavy atom. The van der Waals surface area contributed by atoms with Gasteiger partial charge in [-0.2, -0.15) is 0 Å². The number of halogens is 1. The lowest BCUT2D eigenvalue weighted by molar-refractivity contribution is -0.120. The number of ether oxygens (including phenoxy) is 1. The molecular formula is C13H16ClN3O2. The van der Waals surface area contributed by atoms with E-state index in [1.807, 2.05) is 16.7 Å². The van der Waals surface area contributed by atoms with Crippen molar-refractivity contribution in [2.45, 2.75) is 12.8 Å². The summed E-state index contributed by atoms with van der Waals surface area (Å²) < 4.78 is 6.73. The van der Waals surface area contributed by atoms with E-state index in [9.17, 15) is 4.79 Å². The first-order chi connectivity index (χ1) is 9.19. The molecule has 0 aliphatic rings. The summed E-state index contributed by atoms with van der Waals surface area (Å²) in [6.45, 7) is 1.26. The van der Waals surface area contributed by atoms with Crippen molar-refractivity contribution in [3.63, 3.8) is 0 Å². The summed E-state index contributed by atoms with van der Waals surface area (Å²) in [5, 5.41) is 3.47. The third-order valence-corrected chi connectivity index (χ3v) is 2.88. The number of hydrogen-bond acceptors (Lipinski definition) is 3. The SMILES string of the molecule is COCCCNC(=O)Cc1cn2cc(Cl)ccc2n1. The van der Waals surface area contributed by atoms with E-state index in [4.69, 9.17) is 16.3 Å². The number of aromatic nitrogens is 2. The Balaban J connectivity index is 1.91. The number of nitrogens with one attached hydrogen (secondary N) is 1. The molecule has 2 aromatic rings. The monoisotopic (exact) mass is 281 g/mol. The molecule has 0 bridgehead atoms. The van der Waals surface area contributed by atoms with Crippen LogP contribution < -0.4 is 5.32 Å². The highest BCUT2D eigenvalue weighted by molar-refractivity contribution is 6.30. The number of nitrogens with zero attached hydrogens (tertiary/aromatic N) is 2. The average molecular weight is 282 g/mol. The molecule has 1 N–H and O–H groups in total. The van der Waals surface area contributed by atoms with Gasteiger partial charge in [-0.15, -0.1) is 0 Å². The standard InChI is InChI=1S/C13H16ClN3O2/c1-19-6-2-5-15-13(18)7-11-9-17-8-10(14)3-4-12(17)16-11/h3-4,8-9H,2,5-7H2,1H3,(H,15,18). The number of imidazole rings is 1. The number of pyridine rings is 1. The third kappa shape index (κ3) is 3.94. The first-order valence-electron chi connectivity index (χ1n) is 6.08. The Kier molecular flexibility index (Phi) is 4.76. The van der Waals surface area contributed by atoms with Crippen LogP contribution in [-0.4, -0.2) is 35.6 Å². The van der Waals surface area contributed by atoms with E-state index in [1.165, 1.54) is 0 Å². The summed E-state index contributed by atoms with van der Waals surface area (Å²) in [5.74, 6) is -0.0365. The van der Waals surface area contributed by atoms with Gasteiger partial charge in [0.05, 0.1) is 17.1 Å². The van der Waals surface area contributed by atoms with Crippen LogP contribution in [0.5, 0.6) is 0 Å². The molecule has 0 aliphatic carbocycles. The van der Waals surface area contributed by atoms with Crippen molar-refractivity contribution >= 4 is 23.2 Å². The van der Waals surface area contributed by atoms with Crippen molar-refractivity contribution < 1.29 is 9.53 Å². The van der Waals surface area contributed by atoms with Gasteiger partial charge in [-0.25, -0.2) is 4.98 Å². The molecule has 0 aromatic carbocycles. The lowest BCUT2D eigenvalue weighted by Gasteiger charge is -2.02. The molecule has 2 aromatic heterocycles. The molecule has 0 aliphatic heterocycles. The van der Waals surface area contributed by atoms with Gasteiger partial charge in [0.2, 0.25) is 5.91 Å². The number of fused-ring (bicyclic) bond motifs is 1. The number of methoxy groups -OCH3 is 1. The van der Waals surface area contributed by atoms with E-state index in [0.29, 0.717) is 18.2 Å². The van der Waals surface area contributed by atoms with Gasteiger partial charge in [-0.05, 0) is 18.6 Å². The van der Waals surface area contributed by atoms with Gasteiger partial charge in [0.15, 0.2) is 0 Å². The fourth-order valence-electron chi connectivity index (χ4n) is 1.77. The average Bonchev–Trinajstić information content (AvgIpc) is 2.76. The van der Waals surface area contributed by atoms with Crippen LogP contribution >= 0.6 is 11.6 Å². The molecule has 0 spiro atoms. The molecule has 2 rings (SSSR count). The van der Waals surface area contributed by atoms with Gasteiger partial charge >= 0.3 is 0 Å². The topological polar surface area (TPSA) is 55.6 Å². The summed E-state index contributed by atoms with van der Waals surface area (Å²) in [6.07, 6.45) is 4.66. The molecule has 0 unspecified atom stereocenters. The highest BCUT2D eigenvalue weighted by Crippen LogP contribution is 2.11. The molecule has 5 nitrogen and oxygen atoms in total. The Bertz CT molecular complexity index is 568. The zero-order chi connectivity index (χ0) is 13.7. The van der Waals surface area contributed by atoms with Crippen molar-refractivity contribution in [2.24, 2.45) is 0 Å². The lowest BCUT2D eigenvalue weighted by Crippen LogP contribution is -2.26. The normalized spacial score (nSPS) is 10.8. The summed E-state index contributed by atoms with van der Waals surface area (Å²) in [7, 11) is 1.64. The molecule has 0 radical (unpaired) electrons. The number of hydrogen-bond donors (Lipinski definition) is 1. The molecular weight excluding hydrogens is 266 g/mol. The molecule has 6 heteroatoms. The van der Waals surface area contributed by atoms with Crippen LogP contribution in [0.3, 0.4) is 0 Å². The van der Waals surface area contributed by atoms with Gasteiger partial charge in [-0.1, -0.05) is 11.6 Å². The Labute approximate surface area is 116 Å². The maximum Gasteiger partial charge on any atom is 0.226 e. The Morgan fingerprint density at radius 1 is 1.47 bits per heavy atom. The van der Waals surface area contributed by atoms with E-state index in [-0.39, 0.29) is 12.3 Å². The molecule has 0 fully saturated rings. The quantitative estimate of drug-likeness (QED) is 0.820. The van der Waals surface area contributed by atoms with Crippen molar-refractivity contribution in [3.05, 3.63) is 35.2 Å². The first kappa shape index (κ1) is 13.8. The summed E-state index contributed by atoms with van der Waals surface area (Å²) in [4.78, 5) is 16.0. The fourth-order valence-corrected chi connectivity index (χ4v) is 1.94. The highest BCUT2D eigenvalue weighted by Gasteiger charge is 2.07. The summed E-state index contributed by atoms with van der Waals surface area (Å²) in [6, 6.07) is 3.60. The minimum atomic E-state index is -0.0365. The van der Waals surface area contributed by atoms with Gasteiger partial charge in [0, 0.05) is 32.7 Å². The van der Waals surface area contributed by atoms with Crippen molar-refractivity contribution in [3.8, 4) is 0 Å². The van der Waals surface area contributed by atoms with Gasteiger partial charge in [0.25, 0.3) is 0 Å². The molecule has 19 heavy (non-hydrogen) atoms. The van der Waals surface area contributed by atoms with E-state index in [2.05, 4.69) is 10.3 Å². The van der Waals surface area contributed by atoms with Crippen LogP contribution in [-0.2, 0) is 16.0 Å². The van der Waals surface area contributed by atoms with Crippen LogP contribution in [0, 0.1) is 0 Å². The zero-order valence-corrected chi connectivity index (χ0v) is 11.5. The second kappa shape index (κ2) is 6.54. The number of carbonyl (C=O) groups excluding carboxylic acids is 1. The van der Waals surface area contributed by atoms with Crippen LogP contribution in [0.2, 0.25) is 5.02 Å². The van der Waals surface area contributed by atoms with E-state index in [1.54, 1.807) is 19.4 Å². The van der Waals surface area contributed by atoms with Gasteiger partial charge < -0.3 is 14.5 Å². The van der Waals surface area contributed by atoms with E-state index < -0.39 is 0 Å². The van der Waals surface area contributed by atoms with Crippen molar-refractivity contribution in [2.75, 3.05) is 20.3 Å². The maximum atomic E-state index is 11.7. The largest absolute Gasteiger partial charge is 0.385 e. The molecule has 0 saturated carbocycles. The van der Waals surface area contributed by atoms with E-state index >= 15 is 0 Å². The summed E-state index contributed by atoms with van der Waals surface area (Å²) in [5.41, 5.74) is 1.51. The fraction of sp³-hybridized carbons (Fsp3) is 0.385. The second-order valence-corrected chi connectivity index (χ2v) is 4.65. The number of rotatable bonds is 6. The van der Waals surface area contributed by atoms with Crippen LogP contribution in [0.4, 0.5) is 0 Å². The smallest absolute Gasteiger partial charge is 0.226 e. The zero-order valence-electron chi connectivity index (χ0n) is 10.7. The van der Waals surface area contributed by atoms with Crippen LogP contribution in [0.1, 0.15) is 12.1 Å². The molecule has 0 atom stereocenters. The summed E-state index contributed by atoms with van der Waals surface area (Å²) >= 11 is 5.89. The molecule has 0 saturated heterocycles. The maximum absolute atomic E-state index is 11.7. The predicted molar refractivity (Wildman–Crippen MR) is 73.4 cm³/mol. The van der Waals surface area contributed by atoms with E-state index in [0.717, 1.165) is 17.8 Å². The lowest BCUT2D eigenvalue weighted by atomic mass is 10.3. The second-order valence-electron chi connectivity index (χ2n) is 4.22. The molecule has 1 amide bonds. The van der Waals surface area contributed by atoms with Crippen molar-refractivity contribution in [1.82, 2.24) is 14.7 Å². The third-order valence-electron chi connectivity index (χ3n) is 2.65. The van der Waals surface area contributed by atoms with Crippen molar-refractivity contribution in [1.29, 1.82) is 0 Å². The van der Waals surface area contributed by atoms with Crippen LogP contribution in [0.15, 0.2) is 24.5 Å². The Hall–Kier alpha value is -1.59. The van der Waals surface area contributed by atoms with Gasteiger partial charge in [0.1, 0.15) is 5.65 Å². The van der Waals surface area contributed by atoms with Crippen LogP contribution in [0.25, 0.3) is 5.65 Å². The molecule has 102 valence electrons. The molecule has 2 heterocycles.